The fraction of sp³-hybridized carbons (Fsp3) is 0.0714. The summed E-state index contributed by atoms with van der Waals surface area (Å²) >= 11 is 3.23. The van der Waals surface area contributed by atoms with Crippen LogP contribution in [0.2, 0.25) is 0 Å². The van der Waals surface area contributed by atoms with Crippen molar-refractivity contribution in [1.82, 2.24) is 0 Å². The number of benzene rings is 2. The van der Waals surface area contributed by atoms with Crippen molar-refractivity contribution in [3.05, 3.63) is 58.1 Å². The van der Waals surface area contributed by atoms with Gasteiger partial charge in [0.05, 0.1) is 5.56 Å². The Morgan fingerprint density at radius 2 is 2.05 bits per heavy atom. The largest absolute Gasteiger partial charge is 0.507 e. The standard InChI is InChI=1S/C14H13BrN2O2/c15-10-4-5-12(13(18)7-10)14(19)17-11-3-1-2-9(6-11)8-16/h1-7,18H,8,16H2,(H,17,19). The van der Waals surface area contributed by atoms with Crippen LogP contribution in [0.3, 0.4) is 0 Å². The second-order valence-corrected chi connectivity index (χ2v) is 4.94. The Kier molecular flexibility index (Phi) is 4.19. The van der Waals surface area contributed by atoms with Gasteiger partial charge in [-0.2, -0.15) is 0 Å². The molecular weight excluding hydrogens is 308 g/mol. The van der Waals surface area contributed by atoms with E-state index < -0.39 is 0 Å². The molecule has 4 N–H and O–H groups in total. The lowest BCUT2D eigenvalue weighted by Crippen LogP contribution is -2.12. The predicted octanol–water partition coefficient (Wildman–Crippen LogP) is 2.87. The highest BCUT2D eigenvalue weighted by molar-refractivity contribution is 9.10. The van der Waals surface area contributed by atoms with E-state index >= 15 is 0 Å². The molecule has 0 atom stereocenters. The summed E-state index contributed by atoms with van der Waals surface area (Å²) in [6.07, 6.45) is 0. The number of rotatable bonds is 3. The summed E-state index contributed by atoms with van der Waals surface area (Å²) in [6.45, 7) is 0.410. The number of amides is 1. The first-order chi connectivity index (χ1) is 9.10. The van der Waals surface area contributed by atoms with Crippen molar-refractivity contribution in [2.45, 2.75) is 6.54 Å². The molecule has 2 aromatic rings. The molecule has 5 heteroatoms. The molecule has 0 saturated carbocycles. The SMILES string of the molecule is NCc1cccc(NC(=O)c2ccc(Br)cc2O)c1. The zero-order chi connectivity index (χ0) is 13.8. The van der Waals surface area contributed by atoms with Gasteiger partial charge in [0.25, 0.3) is 5.91 Å². The zero-order valence-electron chi connectivity index (χ0n) is 10.1. The van der Waals surface area contributed by atoms with E-state index in [-0.39, 0.29) is 17.2 Å². The topological polar surface area (TPSA) is 75.3 Å². The van der Waals surface area contributed by atoms with Crippen molar-refractivity contribution in [2.24, 2.45) is 5.73 Å². The smallest absolute Gasteiger partial charge is 0.259 e. The third kappa shape index (κ3) is 3.33. The molecule has 2 aromatic carbocycles. The molecule has 0 aliphatic heterocycles. The van der Waals surface area contributed by atoms with E-state index in [9.17, 15) is 9.90 Å². The van der Waals surface area contributed by atoms with Gasteiger partial charge >= 0.3 is 0 Å². The maximum Gasteiger partial charge on any atom is 0.259 e. The average molecular weight is 321 g/mol. The molecule has 0 aromatic heterocycles. The second kappa shape index (κ2) is 5.86. The molecule has 2 rings (SSSR count). The number of hydrogen-bond donors (Lipinski definition) is 3. The van der Waals surface area contributed by atoms with Gasteiger partial charge in [-0.25, -0.2) is 0 Å². The zero-order valence-corrected chi connectivity index (χ0v) is 11.6. The third-order valence-electron chi connectivity index (χ3n) is 2.62. The molecular formula is C14H13BrN2O2. The van der Waals surface area contributed by atoms with Crippen LogP contribution in [-0.4, -0.2) is 11.0 Å². The van der Waals surface area contributed by atoms with Gasteiger partial charge in [0.15, 0.2) is 0 Å². The highest BCUT2D eigenvalue weighted by atomic mass is 79.9. The van der Waals surface area contributed by atoms with Crippen LogP contribution in [0.4, 0.5) is 5.69 Å². The van der Waals surface area contributed by atoms with Crippen molar-refractivity contribution in [3.8, 4) is 5.75 Å². The molecule has 0 unspecified atom stereocenters. The van der Waals surface area contributed by atoms with Gasteiger partial charge in [-0.15, -0.1) is 0 Å². The lowest BCUT2D eigenvalue weighted by molar-refractivity contribution is 0.102. The minimum absolute atomic E-state index is 0.0677. The second-order valence-electron chi connectivity index (χ2n) is 4.02. The minimum Gasteiger partial charge on any atom is -0.507 e. The number of carbonyl (C=O) groups is 1. The fourth-order valence-electron chi connectivity index (χ4n) is 1.67. The third-order valence-corrected chi connectivity index (χ3v) is 3.12. The molecule has 1 amide bonds. The molecule has 19 heavy (non-hydrogen) atoms. The van der Waals surface area contributed by atoms with Gasteiger partial charge in [0.1, 0.15) is 5.75 Å². The maximum atomic E-state index is 12.0. The van der Waals surface area contributed by atoms with Gasteiger partial charge < -0.3 is 16.2 Å². The number of anilines is 1. The molecule has 4 nitrogen and oxygen atoms in total. The average Bonchev–Trinajstić information content (AvgIpc) is 2.38. The molecule has 0 spiro atoms. The fourth-order valence-corrected chi connectivity index (χ4v) is 2.02. The van der Waals surface area contributed by atoms with Crippen molar-refractivity contribution in [3.63, 3.8) is 0 Å². The summed E-state index contributed by atoms with van der Waals surface area (Å²) in [4.78, 5) is 12.0. The Balaban J connectivity index is 2.20. The van der Waals surface area contributed by atoms with Crippen molar-refractivity contribution in [2.75, 3.05) is 5.32 Å². The van der Waals surface area contributed by atoms with Crippen LogP contribution in [0.25, 0.3) is 0 Å². The molecule has 0 bridgehead atoms. The van der Waals surface area contributed by atoms with Crippen LogP contribution < -0.4 is 11.1 Å². The summed E-state index contributed by atoms with van der Waals surface area (Å²) in [7, 11) is 0. The summed E-state index contributed by atoms with van der Waals surface area (Å²) in [6, 6.07) is 12.0. The molecule has 0 heterocycles. The number of halogens is 1. The lowest BCUT2D eigenvalue weighted by atomic mass is 10.1. The summed E-state index contributed by atoms with van der Waals surface area (Å²) in [5.41, 5.74) is 7.34. The van der Waals surface area contributed by atoms with E-state index in [0.717, 1.165) is 5.56 Å². The van der Waals surface area contributed by atoms with Crippen LogP contribution in [-0.2, 0) is 6.54 Å². The van der Waals surface area contributed by atoms with Gasteiger partial charge in [-0.1, -0.05) is 28.1 Å². The Bertz CT molecular complexity index is 614. The quantitative estimate of drug-likeness (QED) is 0.814. The Morgan fingerprint density at radius 1 is 1.26 bits per heavy atom. The molecule has 0 radical (unpaired) electrons. The van der Waals surface area contributed by atoms with Crippen LogP contribution in [0, 0.1) is 0 Å². The summed E-state index contributed by atoms with van der Waals surface area (Å²) < 4.78 is 0.715. The van der Waals surface area contributed by atoms with Crippen molar-refractivity contribution >= 4 is 27.5 Å². The normalized spacial score (nSPS) is 10.2. The number of phenolic OH excluding ortho intramolecular Hbond substituents is 1. The first kappa shape index (κ1) is 13.6. The number of aromatic hydroxyl groups is 1. The highest BCUT2D eigenvalue weighted by Gasteiger charge is 2.11. The highest BCUT2D eigenvalue weighted by Crippen LogP contribution is 2.23. The first-order valence-corrected chi connectivity index (χ1v) is 6.48. The molecule has 98 valence electrons. The Hall–Kier alpha value is -1.85. The van der Waals surface area contributed by atoms with Crippen molar-refractivity contribution < 1.29 is 9.90 Å². The van der Waals surface area contributed by atoms with E-state index in [1.807, 2.05) is 12.1 Å². The van der Waals surface area contributed by atoms with E-state index in [2.05, 4.69) is 21.2 Å². The van der Waals surface area contributed by atoms with Gasteiger partial charge in [-0.05, 0) is 35.9 Å². The van der Waals surface area contributed by atoms with E-state index in [1.54, 1.807) is 24.3 Å². The van der Waals surface area contributed by atoms with Crippen LogP contribution in [0.15, 0.2) is 46.9 Å². The van der Waals surface area contributed by atoms with E-state index in [0.29, 0.717) is 16.7 Å². The van der Waals surface area contributed by atoms with Crippen molar-refractivity contribution in [1.29, 1.82) is 0 Å². The molecule has 0 saturated heterocycles. The first-order valence-electron chi connectivity index (χ1n) is 5.69. The van der Waals surface area contributed by atoms with Crippen LogP contribution in [0.1, 0.15) is 15.9 Å². The Labute approximate surface area is 119 Å². The van der Waals surface area contributed by atoms with E-state index in [4.69, 9.17) is 5.73 Å². The minimum atomic E-state index is -0.362. The van der Waals surface area contributed by atoms with Crippen LogP contribution in [0.5, 0.6) is 5.75 Å². The lowest BCUT2D eigenvalue weighted by Gasteiger charge is -2.08. The monoisotopic (exact) mass is 320 g/mol. The van der Waals surface area contributed by atoms with Gasteiger partial charge in [-0.3, -0.25) is 4.79 Å². The maximum absolute atomic E-state index is 12.0. The van der Waals surface area contributed by atoms with Gasteiger partial charge in [0, 0.05) is 16.7 Å². The molecule has 0 aliphatic carbocycles. The van der Waals surface area contributed by atoms with Crippen LogP contribution >= 0.6 is 15.9 Å². The van der Waals surface area contributed by atoms with Gasteiger partial charge in [0.2, 0.25) is 0 Å². The number of hydrogen-bond acceptors (Lipinski definition) is 3. The summed E-state index contributed by atoms with van der Waals surface area (Å²) in [5.74, 6) is -0.430. The Morgan fingerprint density at radius 3 is 2.74 bits per heavy atom. The number of phenols is 1. The number of nitrogens with one attached hydrogen (secondary N) is 1. The molecule has 0 fully saturated rings. The number of nitrogens with two attached hydrogens (primary N) is 1. The molecule has 0 aliphatic rings. The summed E-state index contributed by atoms with van der Waals surface area (Å²) in [5, 5.41) is 12.5. The number of carbonyl (C=O) groups excluding carboxylic acids is 1. The predicted molar refractivity (Wildman–Crippen MR) is 78.1 cm³/mol. The van der Waals surface area contributed by atoms with E-state index in [1.165, 1.54) is 6.07 Å².